The minimum absolute atomic E-state index is 0.0446. The Morgan fingerprint density at radius 3 is 2.66 bits per heavy atom. The topological polar surface area (TPSA) is 110 Å². The zero-order chi connectivity index (χ0) is 23.0. The van der Waals surface area contributed by atoms with Gasteiger partial charge in [-0.25, -0.2) is 4.79 Å². The lowest BCUT2D eigenvalue weighted by atomic mass is 9.95. The number of carbonyl (C=O) groups is 3. The van der Waals surface area contributed by atoms with Crippen LogP contribution in [0.15, 0.2) is 48.5 Å². The number of nitrogens with zero attached hydrogens (tertiary/aromatic N) is 3. The average Bonchev–Trinajstić information content (AvgIpc) is 3.13. The van der Waals surface area contributed by atoms with Crippen molar-refractivity contribution >= 4 is 29.2 Å². The quantitative estimate of drug-likeness (QED) is 0.390. The van der Waals surface area contributed by atoms with Gasteiger partial charge in [-0.3, -0.25) is 24.6 Å². The third-order valence-electron chi connectivity index (χ3n) is 5.74. The number of nitro groups is 1. The van der Waals surface area contributed by atoms with Gasteiger partial charge in [0.2, 0.25) is 11.6 Å². The molecule has 0 N–H and O–H groups in total. The van der Waals surface area contributed by atoms with E-state index in [0.717, 1.165) is 0 Å². The zero-order valence-electron chi connectivity index (χ0n) is 17.8. The number of nitro benzene ring substituents is 1. The molecular weight excluding hydrogens is 414 g/mol. The first-order valence-electron chi connectivity index (χ1n) is 10.4. The number of esters is 1. The number of para-hydroxylation sites is 1. The minimum atomic E-state index is -1.58. The molecule has 2 aliphatic rings. The van der Waals surface area contributed by atoms with Crippen LogP contribution in [0.25, 0.3) is 0 Å². The molecule has 2 aromatic carbocycles. The predicted octanol–water partition coefficient (Wildman–Crippen LogP) is 3.27. The summed E-state index contributed by atoms with van der Waals surface area (Å²) >= 11 is 0. The number of non-ortho nitro benzene ring substituents is 1. The van der Waals surface area contributed by atoms with Crippen molar-refractivity contribution in [2.24, 2.45) is 5.92 Å². The number of benzene rings is 2. The first kappa shape index (κ1) is 21.5. The summed E-state index contributed by atoms with van der Waals surface area (Å²) in [5, 5.41) is 11.0. The van der Waals surface area contributed by atoms with Crippen molar-refractivity contribution in [2.45, 2.75) is 39.0 Å². The van der Waals surface area contributed by atoms with Crippen molar-refractivity contribution in [1.29, 1.82) is 0 Å². The number of rotatable bonds is 6. The summed E-state index contributed by atoms with van der Waals surface area (Å²) in [4.78, 5) is 53.2. The normalized spacial score (nSPS) is 19.7. The van der Waals surface area contributed by atoms with Crippen LogP contribution in [-0.2, 0) is 20.9 Å². The molecule has 0 radical (unpaired) electrons. The number of anilines is 1. The number of ether oxygens (including phenoxy) is 1. The second-order valence-corrected chi connectivity index (χ2v) is 8.38. The van der Waals surface area contributed by atoms with Crippen LogP contribution in [-0.4, -0.2) is 39.8 Å². The van der Waals surface area contributed by atoms with Gasteiger partial charge in [0.05, 0.1) is 16.2 Å². The Labute approximate surface area is 184 Å². The lowest BCUT2D eigenvalue weighted by molar-refractivity contribution is -0.384. The summed E-state index contributed by atoms with van der Waals surface area (Å²) in [7, 11) is 0. The van der Waals surface area contributed by atoms with E-state index >= 15 is 0 Å². The maximum absolute atomic E-state index is 13.5. The lowest BCUT2D eigenvalue weighted by Crippen LogP contribution is -2.69. The van der Waals surface area contributed by atoms with Gasteiger partial charge in [-0.2, -0.15) is 0 Å². The van der Waals surface area contributed by atoms with Gasteiger partial charge >= 0.3 is 5.97 Å². The zero-order valence-corrected chi connectivity index (χ0v) is 17.8. The molecule has 1 fully saturated rings. The van der Waals surface area contributed by atoms with E-state index < -0.39 is 16.6 Å². The Bertz CT molecular complexity index is 1110. The summed E-state index contributed by atoms with van der Waals surface area (Å²) in [5.41, 5.74) is -0.485. The van der Waals surface area contributed by atoms with Gasteiger partial charge in [0, 0.05) is 31.5 Å². The third kappa shape index (κ3) is 3.39. The number of fused-ring (bicyclic) bond motifs is 3. The van der Waals surface area contributed by atoms with Crippen molar-refractivity contribution in [3.8, 4) is 0 Å². The van der Waals surface area contributed by atoms with Crippen molar-refractivity contribution < 1.29 is 24.0 Å². The molecule has 0 bridgehead atoms. The molecule has 1 atom stereocenters. The molecule has 2 amide bonds. The second kappa shape index (κ2) is 8.07. The van der Waals surface area contributed by atoms with Gasteiger partial charge in [0.1, 0.15) is 6.61 Å². The van der Waals surface area contributed by atoms with Crippen LogP contribution in [0.5, 0.6) is 0 Å². The Balaban J connectivity index is 1.72. The van der Waals surface area contributed by atoms with E-state index in [1.807, 2.05) is 13.8 Å². The van der Waals surface area contributed by atoms with E-state index in [4.69, 9.17) is 4.74 Å². The van der Waals surface area contributed by atoms with Crippen LogP contribution in [0.2, 0.25) is 0 Å². The Kier molecular flexibility index (Phi) is 5.41. The summed E-state index contributed by atoms with van der Waals surface area (Å²) in [6, 6.07) is 12.5. The molecule has 0 aromatic heterocycles. The van der Waals surface area contributed by atoms with Gasteiger partial charge in [-0.05, 0) is 23.6 Å². The first-order valence-corrected chi connectivity index (χ1v) is 10.4. The molecule has 2 aromatic rings. The molecule has 1 saturated heterocycles. The highest BCUT2D eigenvalue weighted by Gasteiger charge is 2.61. The largest absolute Gasteiger partial charge is 0.458 e. The van der Waals surface area contributed by atoms with Gasteiger partial charge in [-0.15, -0.1) is 0 Å². The van der Waals surface area contributed by atoms with Gasteiger partial charge in [0.25, 0.3) is 11.6 Å². The van der Waals surface area contributed by atoms with Crippen LogP contribution >= 0.6 is 0 Å². The number of carbonyl (C=O) groups excluding carboxylic acids is 3. The molecule has 32 heavy (non-hydrogen) atoms. The van der Waals surface area contributed by atoms with Crippen molar-refractivity contribution in [3.05, 3.63) is 69.8 Å². The molecule has 0 unspecified atom stereocenters. The standard InChI is InChI=1S/C23H23N3O6/c1-15(2)13-24-21(28)18-8-3-4-9-19(18)25-20(27)10-11-23(24,25)22(29)32-14-16-6-5-7-17(12-16)26(30)31/h3-9,12,15H,10-11,13-14H2,1-2H3/t23-/m1/s1. The van der Waals surface area contributed by atoms with Gasteiger partial charge in [0.15, 0.2) is 0 Å². The smallest absolute Gasteiger partial charge is 0.354 e. The highest BCUT2D eigenvalue weighted by atomic mass is 16.6. The van der Waals surface area contributed by atoms with E-state index in [-0.39, 0.29) is 49.4 Å². The second-order valence-electron chi connectivity index (χ2n) is 8.38. The first-order chi connectivity index (χ1) is 15.3. The molecule has 2 heterocycles. The van der Waals surface area contributed by atoms with E-state index in [1.165, 1.54) is 28.0 Å². The molecular formula is C23H23N3O6. The van der Waals surface area contributed by atoms with Crippen LogP contribution in [0.3, 0.4) is 0 Å². The fourth-order valence-corrected chi connectivity index (χ4v) is 4.39. The highest BCUT2D eigenvalue weighted by molar-refractivity contribution is 6.15. The summed E-state index contributed by atoms with van der Waals surface area (Å²) in [6.07, 6.45) is 0.217. The molecule has 0 saturated carbocycles. The fourth-order valence-electron chi connectivity index (χ4n) is 4.39. The van der Waals surface area contributed by atoms with Crippen molar-refractivity contribution in [1.82, 2.24) is 4.90 Å². The Morgan fingerprint density at radius 1 is 1.19 bits per heavy atom. The molecule has 2 aliphatic heterocycles. The monoisotopic (exact) mass is 437 g/mol. The minimum Gasteiger partial charge on any atom is -0.458 e. The lowest BCUT2D eigenvalue weighted by Gasteiger charge is -2.48. The molecule has 0 aliphatic carbocycles. The van der Waals surface area contributed by atoms with Crippen LogP contribution < -0.4 is 4.90 Å². The summed E-state index contributed by atoms with van der Waals surface area (Å²) in [5.74, 6) is -1.26. The van der Waals surface area contributed by atoms with Gasteiger partial charge < -0.3 is 9.64 Å². The number of amides is 2. The number of hydrogen-bond acceptors (Lipinski definition) is 6. The van der Waals surface area contributed by atoms with Crippen LogP contribution in [0.1, 0.15) is 42.6 Å². The third-order valence-corrected chi connectivity index (χ3v) is 5.74. The van der Waals surface area contributed by atoms with Crippen molar-refractivity contribution in [3.63, 3.8) is 0 Å². The van der Waals surface area contributed by atoms with E-state index in [0.29, 0.717) is 16.8 Å². The Hall–Kier alpha value is -3.75. The van der Waals surface area contributed by atoms with Crippen LogP contribution in [0.4, 0.5) is 11.4 Å². The fraction of sp³-hybridized carbons (Fsp3) is 0.348. The van der Waals surface area contributed by atoms with Crippen molar-refractivity contribution in [2.75, 3.05) is 11.4 Å². The van der Waals surface area contributed by atoms with Crippen LogP contribution in [0, 0.1) is 16.0 Å². The maximum Gasteiger partial charge on any atom is 0.354 e. The molecule has 166 valence electrons. The number of hydrogen-bond donors (Lipinski definition) is 0. The average molecular weight is 437 g/mol. The SMILES string of the molecule is CC(C)CN1C(=O)c2ccccc2N2C(=O)CC[C@@]12C(=O)OCc1cccc([N+](=O)[O-])c1. The molecule has 9 nitrogen and oxygen atoms in total. The van der Waals surface area contributed by atoms with Gasteiger partial charge in [-0.1, -0.05) is 38.1 Å². The summed E-state index contributed by atoms with van der Waals surface area (Å²) in [6.45, 7) is 3.91. The predicted molar refractivity (Wildman–Crippen MR) is 115 cm³/mol. The molecule has 4 rings (SSSR count). The van der Waals surface area contributed by atoms with E-state index in [9.17, 15) is 24.5 Å². The Morgan fingerprint density at radius 2 is 1.94 bits per heavy atom. The van der Waals surface area contributed by atoms with E-state index in [2.05, 4.69) is 0 Å². The molecule has 9 heteroatoms. The maximum atomic E-state index is 13.5. The summed E-state index contributed by atoms with van der Waals surface area (Å²) < 4.78 is 5.58. The highest BCUT2D eigenvalue weighted by Crippen LogP contribution is 2.45. The molecule has 0 spiro atoms. The van der Waals surface area contributed by atoms with E-state index in [1.54, 1.807) is 30.3 Å².